The fraction of sp³-hybridized carbons (Fsp3) is 0.217. The van der Waals surface area contributed by atoms with E-state index in [0.29, 0.717) is 5.56 Å². The molecule has 5 nitrogen and oxygen atoms in total. The van der Waals surface area contributed by atoms with E-state index < -0.39 is 0 Å². The van der Waals surface area contributed by atoms with Crippen LogP contribution in [0.15, 0.2) is 60.8 Å². The van der Waals surface area contributed by atoms with E-state index in [-0.39, 0.29) is 19.1 Å². The standard InChI is InChI=1S/C23H25N3O2/c1-16-5-3-6-18(13-16)14-19-9-10-24-22(15-19)26-21-8-4-7-20(17(21)2)23(28)25-11-12-27/h3-10,13,15,27H,11-12,14H2,1-2H3,(H,24,26)(H,25,28). The van der Waals surface area contributed by atoms with E-state index in [1.807, 2.05) is 31.2 Å². The van der Waals surface area contributed by atoms with Gasteiger partial charge in [-0.2, -0.15) is 0 Å². The Hall–Kier alpha value is -3.18. The Morgan fingerprint density at radius 3 is 2.61 bits per heavy atom. The van der Waals surface area contributed by atoms with Crippen LogP contribution in [0.3, 0.4) is 0 Å². The van der Waals surface area contributed by atoms with Gasteiger partial charge >= 0.3 is 0 Å². The molecule has 0 radical (unpaired) electrons. The molecular formula is C23H25N3O2. The Balaban J connectivity index is 1.78. The molecule has 2 aromatic carbocycles. The number of aliphatic hydroxyl groups is 1. The minimum atomic E-state index is -0.198. The summed E-state index contributed by atoms with van der Waals surface area (Å²) >= 11 is 0. The largest absolute Gasteiger partial charge is 0.395 e. The topological polar surface area (TPSA) is 74.2 Å². The molecule has 0 aliphatic carbocycles. The highest BCUT2D eigenvalue weighted by atomic mass is 16.3. The summed E-state index contributed by atoms with van der Waals surface area (Å²) in [4.78, 5) is 16.7. The predicted octanol–water partition coefficient (Wildman–Crippen LogP) is 3.75. The van der Waals surface area contributed by atoms with Crippen molar-refractivity contribution in [1.82, 2.24) is 10.3 Å². The molecule has 0 atom stereocenters. The second-order valence-corrected chi connectivity index (χ2v) is 6.80. The Bertz CT molecular complexity index is 970. The maximum Gasteiger partial charge on any atom is 0.251 e. The molecule has 144 valence electrons. The van der Waals surface area contributed by atoms with Crippen molar-refractivity contribution in [1.29, 1.82) is 0 Å². The Labute approximate surface area is 165 Å². The summed E-state index contributed by atoms with van der Waals surface area (Å²) in [6.07, 6.45) is 2.63. The molecule has 0 saturated heterocycles. The molecule has 1 aromatic heterocycles. The van der Waals surface area contributed by atoms with Gasteiger partial charge in [-0.05, 0) is 61.2 Å². The third kappa shape index (κ3) is 4.96. The summed E-state index contributed by atoms with van der Waals surface area (Å²) in [6.45, 7) is 4.14. The molecule has 5 heteroatoms. The number of benzene rings is 2. The average Bonchev–Trinajstić information content (AvgIpc) is 2.68. The summed E-state index contributed by atoms with van der Waals surface area (Å²) in [5.41, 5.74) is 5.92. The second-order valence-electron chi connectivity index (χ2n) is 6.80. The van der Waals surface area contributed by atoms with Gasteiger partial charge < -0.3 is 15.7 Å². The lowest BCUT2D eigenvalue weighted by Gasteiger charge is -2.13. The maximum absolute atomic E-state index is 12.2. The Kier molecular flexibility index (Phi) is 6.40. The van der Waals surface area contributed by atoms with Crippen molar-refractivity contribution in [2.75, 3.05) is 18.5 Å². The monoisotopic (exact) mass is 375 g/mol. The van der Waals surface area contributed by atoms with Gasteiger partial charge in [-0.3, -0.25) is 4.79 Å². The number of hydrogen-bond acceptors (Lipinski definition) is 4. The van der Waals surface area contributed by atoms with E-state index in [4.69, 9.17) is 5.11 Å². The molecule has 0 saturated carbocycles. The quantitative estimate of drug-likeness (QED) is 0.588. The molecule has 0 bridgehead atoms. The van der Waals surface area contributed by atoms with Crippen LogP contribution < -0.4 is 10.6 Å². The number of aromatic nitrogens is 1. The lowest BCUT2D eigenvalue weighted by molar-refractivity contribution is 0.0944. The smallest absolute Gasteiger partial charge is 0.251 e. The predicted molar refractivity (Wildman–Crippen MR) is 112 cm³/mol. The van der Waals surface area contributed by atoms with Gasteiger partial charge in [0, 0.05) is 24.0 Å². The zero-order valence-corrected chi connectivity index (χ0v) is 16.2. The highest BCUT2D eigenvalue weighted by molar-refractivity contribution is 5.97. The first-order valence-corrected chi connectivity index (χ1v) is 9.33. The zero-order chi connectivity index (χ0) is 19.9. The van der Waals surface area contributed by atoms with Crippen molar-refractivity contribution < 1.29 is 9.90 Å². The molecule has 0 unspecified atom stereocenters. The molecule has 3 aromatic rings. The van der Waals surface area contributed by atoms with E-state index >= 15 is 0 Å². The van der Waals surface area contributed by atoms with Crippen molar-refractivity contribution in [2.24, 2.45) is 0 Å². The molecule has 3 rings (SSSR count). The van der Waals surface area contributed by atoms with Crippen molar-refractivity contribution >= 4 is 17.4 Å². The van der Waals surface area contributed by atoms with E-state index in [1.54, 1.807) is 12.3 Å². The van der Waals surface area contributed by atoms with E-state index in [9.17, 15) is 4.79 Å². The van der Waals surface area contributed by atoms with E-state index in [1.165, 1.54) is 11.1 Å². The lowest BCUT2D eigenvalue weighted by Crippen LogP contribution is -2.27. The number of rotatable bonds is 7. The normalized spacial score (nSPS) is 10.5. The summed E-state index contributed by atoms with van der Waals surface area (Å²) in [5.74, 6) is 0.539. The van der Waals surface area contributed by atoms with Gasteiger partial charge in [0.25, 0.3) is 5.91 Å². The van der Waals surface area contributed by atoms with Crippen LogP contribution in [-0.4, -0.2) is 29.1 Å². The maximum atomic E-state index is 12.2. The number of nitrogens with zero attached hydrogens (tertiary/aromatic N) is 1. The molecule has 3 N–H and O–H groups in total. The number of hydrogen-bond donors (Lipinski definition) is 3. The molecule has 28 heavy (non-hydrogen) atoms. The van der Waals surface area contributed by atoms with Crippen LogP contribution in [0.1, 0.15) is 32.6 Å². The minimum Gasteiger partial charge on any atom is -0.395 e. The van der Waals surface area contributed by atoms with Gasteiger partial charge in [-0.1, -0.05) is 35.9 Å². The van der Waals surface area contributed by atoms with Gasteiger partial charge in [-0.25, -0.2) is 4.98 Å². The van der Waals surface area contributed by atoms with Gasteiger partial charge in [0.05, 0.1) is 6.61 Å². The number of nitrogens with one attached hydrogen (secondary N) is 2. The van der Waals surface area contributed by atoms with Crippen molar-refractivity contribution in [2.45, 2.75) is 20.3 Å². The van der Waals surface area contributed by atoms with Crippen molar-refractivity contribution in [3.8, 4) is 0 Å². The first kappa shape index (κ1) is 19.6. The Morgan fingerprint density at radius 2 is 1.82 bits per heavy atom. The van der Waals surface area contributed by atoms with Crippen molar-refractivity contribution in [3.05, 3.63) is 88.6 Å². The third-order valence-electron chi connectivity index (χ3n) is 4.55. The summed E-state index contributed by atoms with van der Waals surface area (Å²) in [6, 6.07) is 18.0. The van der Waals surface area contributed by atoms with Crippen LogP contribution in [0.25, 0.3) is 0 Å². The fourth-order valence-electron chi connectivity index (χ4n) is 3.13. The Morgan fingerprint density at radius 1 is 1.04 bits per heavy atom. The first-order valence-electron chi connectivity index (χ1n) is 9.33. The molecule has 0 fully saturated rings. The molecule has 0 aliphatic heterocycles. The number of carbonyl (C=O) groups excluding carboxylic acids is 1. The highest BCUT2D eigenvalue weighted by Gasteiger charge is 2.11. The van der Waals surface area contributed by atoms with Gasteiger partial charge in [0.2, 0.25) is 0 Å². The minimum absolute atomic E-state index is 0.0830. The highest BCUT2D eigenvalue weighted by Crippen LogP contribution is 2.23. The van der Waals surface area contributed by atoms with Crippen LogP contribution in [0, 0.1) is 13.8 Å². The summed E-state index contributed by atoms with van der Waals surface area (Å²) in [7, 11) is 0. The molecule has 0 aliphatic rings. The molecule has 0 spiro atoms. The van der Waals surface area contributed by atoms with Crippen LogP contribution in [0.4, 0.5) is 11.5 Å². The third-order valence-corrected chi connectivity index (χ3v) is 4.55. The molecule has 1 heterocycles. The second kappa shape index (κ2) is 9.15. The zero-order valence-electron chi connectivity index (χ0n) is 16.2. The first-order chi connectivity index (χ1) is 13.6. The van der Waals surface area contributed by atoms with Crippen LogP contribution in [-0.2, 0) is 6.42 Å². The number of carbonyl (C=O) groups is 1. The van der Waals surface area contributed by atoms with Crippen LogP contribution in [0.5, 0.6) is 0 Å². The summed E-state index contributed by atoms with van der Waals surface area (Å²) in [5, 5.41) is 14.9. The molecule has 1 amide bonds. The SMILES string of the molecule is Cc1cccc(Cc2ccnc(Nc3cccc(C(=O)NCCO)c3C)c2)c1. The number of pyridine rings is 1. The van der Waals surface area contributed by atoms with Crippen LogP contribution >= 0.6 is 0 Å². The van der Waals surface area contributed by atoms with Crippen molar-refractivity contribution in [3.63, 3.8) is 0 Å². The van der Waals surface area contributed by atoms with Gasteiger partial charge in [0.1, 0.15) is 5.82 Å². The lowest BCUT2D eigenvalue weighted by atomic mass is 10.0. The van der Waals surface area contributed by atoms with Gasteiger partial charge in [0.15, 0.2) is 0 Å². The van der Waals surface area contributed by atoms with Crippen LogP contribution in [0.2, 0.25) is 0 Å². The number of aliphatic hydroxyl groups excluding tert-OH is 1. The average molecular weight is 375 g/mol. The number of anilines is 2. The summed E-state index contributed by atoms with van der Waals surface area (Å²) < 4.78 is 0. The molecular weight excluding hydrogens is 350 g/mol. The number of aryl methyl sites for hydroxylation is 1. The fourth-order valence-corrected chi connectivity index (χ4v) is 3.13. The van der Waals surface area contributed by atoms with E-state index in [2.05, 4.69) is 46.8 Å². The number of amides is 1. The van der Waals surface area contributed by atoms with E-state index in [0.717, 1.165) is 29.1 Å². The van der Waals surface area contributed by atoms with Gasteiger partial charge in [-0.15, -0.1) is 0 Å².